The van der Waals surface area contributed by atoms with E-state index in [1.807, 2.05) is 75.4 Å². The van der Waals surface area contributed by atoms with Gasteiger partial charge in [0.25, 0.3) is 11.5 Å². The number of nitrogens with one attached hydrogen (secondary N) is 2. The Bertz CT molecular complexity index is 1460. The van der Waals surface area contributed by atoms with Gasteiger partial charge in [-0.1, -0.05) is 54.6 Å². The van der Waals surface area contributed by atoms with E-state index in [0.29, 0.717) is 31.7 Å². The molecule has 0 spiro atoms. The second kappa shape index (κ2) is 12.3. The molecule has 2 heterocycles. The number of hydrogen-bond donors (Lipinski definition) is 2. The highest BCUT2D eigenvalue weighted by molar-refractivity contribution is 5.93. The van der Waals surface area contributed by atoms with Gasteiger partial charge in [0.1, 0.15) is 5.60 Å². The molecule has 0 fully saturated rings. The van der Waals surface area contributed by atoms with Gasteiger partial charge in [0.15, 0.2) is 0 Å². The van der Waals surface area contributed by atoms with E-state index in [0.717, 1.165) is 22.3 Å². The molecule has 0 radical (unpaired) electrons. The molecule has 202 valence electrons. The number of carbonyl (C=O) groups excluding carboxylic acids is 2. The van der Waals surface area contributed by atoms with Crippen LogP contribution in [-0.2, 0) is 30.9 Å². The first kappa shape index (κ1) is 27.4. The molecule has 0 atom stereocenters. The summed E-state index contributed by atoms with van der Waals surface area (Å²) in [6.45, 7) is 7.22. The van der Waals surface area contributed by atoms with E-state index < -0.39 is 11.7 Å². The highest BCUT2D eigenvalue weighted by atomic mass is 16.6. The lowest BCUT2D eigenvalue weighted by molar-refractivity contribution is 0.0523. The predicted molar refractivity (Wildman–Crippen MR) is 148 cm³/mol. The molecule has 0 bridgehead atoms. The first-order valence-electron chi connectivity index (χ1n) is 12.7. The first-order valence-corrected chi connectivity index (χ1v) is 12.7. The molecule has 2 aromatic carbocycles. The molecule has 2 amide bonds. The minimum absolute atomic E-state index is 0.0338. The van der Waals surface area contributed by atoms with Crippen molar-refractivity contribution in [2.24, 2.45) is 0 Å². The van der Waals surface area contributed by atoms with Gasteiger partial charge < -0.3 is 19.9 Å². The van der Waals surface area contributed by atoms with Crippen molar-refractivity contribution >= 4 is 12.0 Å². The predicted octanol–water partition coefficient (Wildman–Crippen LogP) is 4.10. The van der Waals surface area contributed by atoms with Crippen LogP contribution in [0.5, 0.6) is 0 Å². The van der Waals surface area contributed by atoms with Gasteiger partial charge in [0, 0.05) is 31.5 Å². The molecule has 0 aliphatic rings. The summed E-state index contributed by atoms with van der Waals surface area (Å²) < 4.78 is 8.62. The van der Waals surface area contributed by atoms with Gasteiger partial charge in [-0.3, -0.25) is 14.3 Å². The van der Waals surface area contributed by atoms with Gasteiger partial charge in [0.05, 0.1) is 24.8 Å². The van der Waals surface area contributed by atoms with Crippen LogP contribution >= 0.6 is 0 Å². The second-order valence-electron chi connectivity index (χ2n) is 10.3. The van der Waals surface area contributed by atoms with Crippen LogP contribution in [0, 0.1) is 0 Å². The van der Waals surface area contributed by atoms with Crippen molar-refractivity contribution in [3.05, 3.63) is 123 Å². The quantitative estimate of drug-likeness (QED) is 0.341. The van der Waals surface area contributed by atoms with Crippen molar-refractivity contribution in [1.82, 2.24) is 25.0 Å². The number of pyridine rings is 1. The average Bonchev–Trinajstić information content (AvgIpc) is 3.37. The molecule has 9 nitrogen and oxygen atoms in total. The van der Waals surface area contributed by atoms with Gasteiger partial charge in [-0.25, -0.2) is 4.79 Å². The first-order chi connectivity index (χ1) is 18.6. The maximum atomic E-state index is 12.6. The van der Waals surface area contributed by atoms with Gasteiger partial charge in [0.2, 0.25) is 0 Å². The Kier molecular flexibility index (Phi) is 8.60. The molecule has 0 saturated carbocycles. The maximum Gasteiger partial charge on any atom is 0.407 e. The van der Waals surface area contributed by atoms with Crippen LogP contribution in [-0.4, -0.2) is 31.9 Å². The highest BCUT2D eigenvalue weighted by Crippen LogP contribution is 2.10. The Morgan fingerprint density at radius 1 is 0.821 bits per heavy atom. The highest BCUT2D eigenvalue weighted by Gasteiger charge is 2.15. The second-order valence-corrected chi connectivity index (χ2v) is 10.3. The molecule has 0 aliphatic heterocycles. The van der Waals surface area contributed by atoms with E-state index >= 15 is 0 Å². The van der Waals surface area contributed by atoms with Crippen molar-refractivity contribution in [2.45, 2.75) is 52.6 Å². The molecule has 4 rings (SSSR count). The molecular weight excluding hydrogens is 494 g/mol. The van der Waals surface area contributed by atoms with Gasteiger partial charge >= 0.3 is 6.09 Å². The number of benzene rings is 2. The number of nitrogens with zero attached hydrogens (tertiary/aromatic N) is 3. The van der Waals surface area contributed by atoms with Crippen LogP contribution in [0.15, 0.2) is 90.1 Å². The fraction of sp³-hybridized carbons (Fsp3) is 0.267. The van der Waals surface area contributed by atoms with Crippen molar-refractivity contribution < 1.29 is 14.3 Å². The Balaban J connectivity index is 1.24. The lowest BCUT2D eigenvalue weighted by Gasteiger charge is -2.19. The molecular formula is C30H33N5O4. The van der Waals surface area contributed by atoms with Gasteiger partial charge in [-0.15, -0.1) is 0 Å². The number of rotatable bonds is 9. The summed E-state index contributed by atoms with van der Waals surface area (Å²) in [7, 11) is 0. The lowest BCUT2D eigenvalue weighted by atomic mass is 10.1. The standard InChI is InChI=1S/C30H33N5O4/c1-30(2,3)39-29(38)32-17-23-9-7-22(8-10-23)16-31-28(37)26-18-33-35(21-26)20-25-13-11-24(12-14-25)19-34-15-5-4-6-27(34)36/h4-15,18,21H,16-17,19-20H2,1-3H3,(H,31,37)(H,32,38). The van der Waals surface area contributed by atoms with Crippen molar-refractivity contribution in [3.8, 4) is 0 Å². The van der Waals surface area contributed by atoms with Gasteiger partial charge in [-0.2, -0.15) is 5.10 Å². The molecule has 39 heavy (non-hydrogen) atoms. The third-order valence-corrected chi connectivity index (χ3v) is 5.83. The van der Waals surface area contributed by atoms with Crippen molar-refractivity contribution in [3.63, 3.8) is 0 Å². The zero-order chi connectivity index (χ0) is 27.8. The Hall–Kier alpha value is -4.66. The third-order valence-electron chi connectivity index (χ3n) is 5.83. The molecule has 0 aliphatic carbocycles. The largest absolute Gasteiger partial charge is 0.444 e. The Morgan fingerprint density at radius 3 is 2.03 bits per heavy atom. The van der Waals surface area contributed by atoms with Crippen LogP contribution in [0.25, 0.3) is 0 Å². The number of alkyl carbamates (subject to hydrolysis) is 1. The van der Waals surface area contributed by atoms with E-state index in [9.17, 15) is 14.4 Å². The molecule has 4 aromatic rings. The Morgan fingerprint density at radius 2 is 1.41 bits per heavy atom. The SMILES string of the molecule is CC(C)(C)OC(=O)NCc1ccc(CNC(=O)c2cnn(Cc3ccc(Cn4ccccc4=O)cc3)c2)cc1. The molecule has 0 saturated heterocycles. The van der Waals surface area contributed by atoms with E-state index in [-0.39, 0.29) is 11.5 Å². The monoisotopic (exact) mass is 527 g/mol. The van der Waals surface area contributed by atoms with E-state index in [1.165, 1.54) is 0 Å². The molecule has 9 heteroatoms. The molecule has 2 N–H and O–H groups in total. The van der Waals surface area contributed by atoms with Crippen LogP contribution in [0.1, 0.15) is 53.4 Å². The van der Waals surface area contributed by atoms with Crippen molar-refractivity contribution in [1.29, 1.82) is 0 Å². The summed E-state index contributed by atoms with van der Waals surface area (Å²) in [6.07, 6.45) is 4.58. The van der Waals surface area contributed by atoms with E-state index in [2.05, 4.69) is 15.7 Å². The minimum atomic E-state index is -0.541. The van der Waals surface area contributed by atoms with Crippen LogP contribution in [0.3, 0.4) is 0 Å². The van der Waals surface area contributed by atoms with E-state index in [1.54, 1.807) is 40.0 Å². The normalized spacial score (nSPS) is 11.2. The number of carbonyl (C=O) groups is 2. The third kappa shape index (κ3) is 8.43. The number of hydrogen-bond acceptors (Lipinski definition) is 5. The van der Waals surface area contributed by atoms with E-state index in [4.69, 9.17) is 4.74 Å². The fourth-order valence-corrected chi connectivity index (χ4v) is 3.84. The Labute approximate surface area is 227 Å². The summed E-state index contributed by atoms with van der Waals surface area (Å²) in [5.74, 6) is -0.208. The number of amides is 2. The average molecular weight is 528 g/mol. The summed E-state index contributed by atoms with van der Waals surface area (Å²) in [4.78, 5) is 36.3. The van der Waals surface area contributed by atoms with Crippen molar-refractivity contribution in [2.75, 3.05) is 0 Å². The molecule has 2 aromatic heterocycles. The van der Waals surface area contributed by atoms with Gasteiger partial charge in [-0.05, 0) is 49.1 Å². The number of ether oxygens (including phenoxy) is 1. The summed E-state index contributed by atoms with van der Waals surface area (Å²) >= 11 is 0. The fourth-order valence-electron chi connectivity index (χ4n) is 3.84. The number of aromatic nitrogens is 3. The van der Waals surface area contributed by atoms with Crippen LogP contribution < -0.4 is 16.2 Å². The van der Waals surface area contributed by atoms with Crippen LogP contribution in [0.2, 0.25) is 0 Å². The maximum absolute atomic E-state index is 12.6. The summed E-state index contributed by atoms with van der Waals surface area (Å²) in [5, 5.41) is 9.96. The van der Waals surface area contributed by atoms with Crippen LogP contribution in [0.4, 0.5) is 4.79 Å². The zero-order valence-corrected chi connectivity index (χ0v) is 22.4. The smallest absolute Gasteiger partial charge is 0.407 e. The lowest BCUT2D eigenvalue weighted by Crippen LogP contribution is -2.32. The summed E-state index contributed by atoms with van der Waals surface area (Å²) in [6, 6.07) is 20.7. The zero-order valence-electron chi connectivity index (χ0n) is 22.4. The topological polar surface area (TPSA) is 107 Å². The summed E-state index contributed by atoms with van der Waals surface area (Å²) in [5.41, 5.74) is 3.84. The molecule has 0 unspecified atom stereocenters. The minimum Gasteiger partial charge on any atom is -0.444 e.